The summed E-state index contributed by atoms with van der Waals surface area (Å²) < 4.78 is 5.71. The lowest BCUT2D eigenvalue weighted by molar-refractivity contribution is 0.0900. The summed E-state index contributed by atoms with van der Waals surface area (Å²) in [6.07, 6.45) is 4.49. The predicted octanol–water partition coefficient (Wildman–Crippen LogP) is 3.48. The Kier molecular flexibility index (Phi) is 5.35. The first-order chi connectivity index (χ1) is 9.58. The molecule has 2 atom stereocenters. The van der Waals surface area contributed by atoms with E-state index in [4.69, 9.17) is 10.5 Å². The van der Waals surface area contributed by atoms with Gasteiger partial charge >= 0.3 is 0 Å². The van der Waals surface area contributed by atoms with Crippen LogP contribution in [0.4, 0.5) is 10.7 Å². The lowest BCUT2D eigenvalue weighted by Crippen LogP contribution is -2.22. The van der Waals surface area contributed by atoms with Crippen LogP contribution in [0.25, 0.3) is 0 Å². The highest BCUT2D eigenvalue weighted by Crippen LogP contribution is 2.42. The van der Waals surface area contributed by atoms with E-state index in [-0.39, 0.29) is 5.78 Å². The Morgan fingerprint density at radius 1 is 1.60 bits per heavy atom. The number of carbonyl (C=O) groups is 1. The van der Waals surface area contributed by atoms with E-state index in [0.29, 0.717) is 22.6 Å². The zero-order chi connectivity index (χ0) is 14.7. The summed E-state index contributed by atoms with van der Waals surface area (Å²) in [6, 6.07) is 0. The Morgan fingerprint density at radius 2 is 2.35 bits per heavy atom. The molecule has 1 aromatic heterocycles. The maximum Gasteiger partial charge on any atom is 0.171 e. The van der Waals surface area contributed by atoms with Crippen molar-refractivity contribution in [2.24, 2.45) is 5.92 Å². The number of ketones is 1. The van der Waals surface area contributed by atoms with Crippen molar-refractivity contribution >= 4 is 39.6 Å². The van der Waals surface area contributed by atoms with Crippen LogP contribution in [0.2, 0.25) is 0 Å². The van der Waals surface area contributed by atoms with Crippen LogP contribution in [0.1, 0.15) is 36.4 Å². The van der Waals surface area contributed by atoms with Crippen LogP contribution in [0.5, 0.6) is 0 Å². The van der Waals surface area contributed by atoms with E-state index in [0.717, 1.165) is 35.9 Å². The van der Waals surface area contributed by atoms with Gasteiger partial charge in [-0.15, -0.1) is 23.1 Å². The number of hydrogen-bond acceptors (Lipinski definition) is 6. The first-order valence-corrected chi connectivity index (χ1v) is 8.95. The Balaban J connectivity index is 2.09. The Labute approximate surface area is 128 Å². The van der Waals surface area contributed by atoms with E-state index in [9.17, 15) is 4.79 Å². The van der Waals surface area contributed by atoms with Crippen molar-refractivity contribution < 1.29 is 9.53 Å². The molecule has 1 fully saturated rings. The number of thioether (sulfide) groups is 1. The molecular formula is C14H22N2O2S2. The molecule has 3 N–H and O–H groups in total. The largest absolute Gasteiger partial charge is 0.396 e. The van der Waals surface area contributed by atoms with Gasteiger partial charge < -0.3 is 15.8 Å². The van der Waals surface area contributed by atoms with Crippen molar-refractivity contribution in [1.29, 1.82) is 0 Å². The van der Waals surface area contributed by atoms with E-state index < -0.39 is 0 Å². The summed E-state index contributed by atoms with van der Waals surface area (Å²) in [7, 11) is 0. The number of nitrogens with two attached hydrogens (primary N) is 1. The molecule has 1 aliphatic rings. The van der Waals surface area contributed by atoms with Gasteiger partial charge in [-0.3, -0.25) is 4.79 Å². The van der Waals surface area contributed by atoms with E-state index >= 15 is 0 Å². The molecule has 112 valence electrons. The van der Waals surface area contributed by atoms with Crippen molar-refractivity contribution in [2.45, 2.75) is 37.7 Å². The fraction of sp³-hybridized carbons (Fsp3) is 0.643. The average molecular weight is 314 g/mol. The molecule has 1 saturated heterocycles. The second-order valence-electron chi connectivity index (χ2n) is 5.01. The Morgan fingerprint density at radius 3 is 2.95 bits per heavy atom. The Bertz CT molecular complexity index is 488. The first-order valence-electron chi connectivity index (χ1n) is 6.91. The number of ether oxygens (including phenoxy) is 1. The van der Waals surface area contributed by atoms with Crippen LogP contribution in [-0.4, -0.2) is 31.3 Å². The van der Waals surface area contributed by atoms with Gasteiger partial charge in [0.25, 0.3) is 0 Å². The summed E-state index contributed by atoms with van der Waals surface area (Å²) in [4.78, 5) is 13.2. The highest BCUT2D eigenvalue weighted by atomic mass is 32.2. The van der Waals surface area contributed by atoms with Crippen molar-refractivity contribution in [3.63, 3.8) is 0 Å². The topological polar surface area (TPSA) is 64.3 Å². The van der Waals surface area contributed by atoms with E-state index in [1.807, 2.05) is 6.26 Å². The third-order valence-corrected chi connectivity index (χ3v) is 5.92. The second-order valence-corrected chi connectivity index (χ2v) is 6.85. The quantitative estimate of drug-likeness (QED) is 0.621. The molecule has 6 heteroatoms. The number of anilines is 2. The molecule has 0 spiro atoms. The van der Waals surface area contributed by atoms with Crippen LogP contribution in [-0.2, 0) is 4.74 Å². The van der Waals surface area contributed by atoms with Gasteiger partial charge in [0.05, 0.1) is 21.6 Å². The lowest BCUT2D eigenvalue weighted by atomic mass is 10.00. The van der Waals surface area contributed by atoms with Gasteiger partial charge in [-0.25, -0.2) is 0 Å². The van der Waals surface area contributed by atoms with E-state index in [1.165, 1.54) is 11.3 Å². The summed E-state index contributed by atoms with van der Waals surface area (Å²) in [6.45, 7) is 5.45. The summed E-state index contributed by atoms with van der Waals surface area (Å²) in [5.41, 5.74) is 6.67. The highest BCUT2D eigenvalue weighted by molar-refractivity contribution is 7.99. The van der Waals surface area contributed by atoms with Crippen molar-refractivity contribution in [1.82, 2.24) is 0 Å². The molecule has 0 bridgehead atoms. The normalized spacial score (nSPS) is 22.1. The van der Waals surface area contributed by atoms with Crippen LogP contribution >= 0.6 is 23.1 Å². The minimum Gasteiger partial charge on any atom is -0.396 e. The zero-order valence-corrected chi connectivity index (χ0v) is 13.8. The molecule has 2 unspecified atom stereocenters. The van der Waals surface area contributed by atoms with Crippen molar-refractivity contribution in [3.05, 3.63) is 4.88 Å². The number of Topliss-reactive ketones (excluding diaryl/α,β-unsaturated/α-hetero) is 1. The Hall–Kier alpha value is -0.720. The fourth-order valence-electron chi connectivity index (χ4n) is 2.61. The molecule has 0 aromatic carbocycles. The average Bonchev–Trinajstić information content (AvgIpc) is 2.99. The molecule has 1 aromatic rings. The number of thiophene rings is 1. The lowest BCUT2D eigenvalue weighted by Gasteiger charge is -2.17. The van der Waals surface area contributed by atoms with Gasteiger partial charge in [0.2, 0.25) is 0 Å². The minimum atomic E-state index is 0.0338. The molecule has 20 heavy (non-hydrogen) atoms. The molecule has 0 aliphatic carbocycles. The highest BCUT2D eigenvalue weighted by Gasteiger charge is 2.27. The van der Waals surface area contributed by atoms with Crippen molar-refractivity contribution in [2.75, 3.05) is 30.5 Å². The number of carbonyl (C=O) groups excluding carboxylic acids is 1. The predicted molar refractivity (Wildman–Crippen MR) is 87.1 cm³/mol. The van der Waals surface area contributed by atoms with Gasteiger partial charge in [0.1, 0.15) is 5.00 Å². The van der Waals surface area contributed by atoms with Crippen molar-refractivity contribution in [3.8, 4) is 0 Å². The molecule has 0 amide bonds. The van der Waals surface area contributed by atoms with Gasteiger partial charge in [-0.1, -0.05) is 6.92 Å². The molecule has 2 heterocycles. The fourth-order valence-corrected chi connectivity index (χ4v) is 4.55. The number of hydrogen-bond donors (Lipinski definition) is 2. The zero-order valence-electron chi connectivity index (χ0n) is 12.2. The van der Waals surface area contributed by atoms with E-state index in [2.05, 4.69) is 12.2 Å². The molecular weight excluding hydrogens is 292 g/mol. The monoisotopic (exact) mass is 314 g/mol. The SMILES string of the molecule is CCC1OCCC1CNc1sc(C(C)=O)c(N)c1SC. The number of rotatable bonds is 6. The summed E-state index contributed by atoms with van der Waals surface area (Å²) in [5, 5.41) is 4.49. The molecule has 1 aliphatic heterocycles. The maximum absolute atomic E-state index is 11.6. The summed E-state index contributed by atoms with van der Waals surface area (Å²) in [5.74, 6) is 0.574. The van der Waals surface area contributed by atoms with E-state index in [1.54, 1.807) is 18.7 Å². The molecule has 2 rings (SSSR count). The van der Waals surface area contributed by atoms with Gasteiger partial charge in [0, 0.05) is 26.0 Å². The minimum absolute atomic E-state index is 0.0338. The summed E-state index contributed by atoms with van der Waals surface area (Å²) >= 11 is 3.05. The van der Waals surface area contributed by atoms with Gasteiger partial charge in [-0.05, 0) is 19.1 Å². The third-order valence-electron chi connectivity index (χ3n) is 3.70. The second kappa shape index (κ2) is 6.83. The maximum atomic E-state index is 11.6. The number of nitrogens with one attached hydrogen (secondary N) is 1. The molecule has 0 radical (unpaired) electrons. The van der Waals surface area contributed by atoms with Crippen LogP contribution in [0.15, 0.2) is 4.90 Å². The first kappa shape index (κ1) is 15.7. The molecule has 4 nitrogen and oxygen atoms in total. The van der Waals surface area contributed by atoms with Crippen LogP contribution in [0, 0.1) is 5.92 Å². The smallest absolute Gasteiger partial charge is 0.171 e. The standard InChI is InChI=1S/C14H22N2O2S2/c1-4-10-9(5-6-18-10)7-16-14-13(19-3)11(15)12(20-14)8(2)17/h9-10,16H,4-7,15H2,1-3H3. The third kappa shape index (κ3) is 3.13. The van der Waals surface area contributed by atoms with Gasteiger partial charge in [0.15, 0.2) is 5.78 Å². The van der Waals surface area contributed by atoms with Crippen LogP contribution in [0.3, 0.4) is 0 Å². The van der Waals surface area contributed by atoms with Gasteiger partial charge in [-0.2, -0.15) is 0 Å². The van der Waals surface area contributed by atoms with Crippen LogP contribution < -0.4 is 11.1 Å². The number of nitrogen functional groups attached to an aromatic ring is 1. The molecule has 0 saturated carbocycles.